The summed E-state index contributed by atoms with van der Waals surface area (Å²) in [5.74, 6) is 0.931. The predicted molar refractivity (Wildman–Crippen MR) is 154 cm³/mol. The summed E-state index contributed by atoms with van der Waals surface area (Å²) < 4.78 is 22.4. The fraction of sp³-hybridized carbons (Fsp3) is 0.345. The summed E-state index contributed by atoms with van der Waals surface area (Å²) in [6.45, 7) is 9.44. The number of hydrogen-bond donors (Lipinski definition) is 2. The molecule has 0 saturated heterocycles. The number of aliphatic imine (C=N–C) groups is 1. The van der Waals surface area contributed by atoms with Crippen LogP contribution in [-0.4, -0.2) is 23.0 Å². The molecule has 0 aliphatic rings. The fourth-order valence-corrected chi connectivity index (χ4v) is 4.00. The molecule has 0 spiro atoms. The van der Waals surface area contributed by atoms with Gasteiger partial charge in [0.15, 0.2) is 0 Å². The van der Waals surface area contributed by atoms with Crippen molar-refractivity contribution in [2.24, 2.45) is 10.4 Å². The summed E-state index contributed by atoms with van der Waals surface area (Å²) in [5.41, 5.74) is 3.71. The van der Waals surface area contributed by atoms with Gasteiger partial charge in [0, 0.05) is 39.2 Å². The van der Waals surface area contributed by atoms with E-state index >= 15 is 0 Å². The highest BCUT2D eigenvalue weighted by molar-refractivity contribution is 8.00. The summed E-state index contributed by atoms with van der Waals surface area (Å²) in [4.78, 5) is 9.97. The number of hydrogen-bond acceptors (Lipinski definition) is 7. The monoisotopic (exact) mass is 521 g/mol. The Kier molecular flexibility index (Phi) is 10.5. The van der Waals surface area contributed by atoms with Gasteiger partial charge >= 0.3 is 0 Å². The molecule has 0 amide bonds. The molecule has 0 unspecified atom stereocenters. The van der Waals surface area contributed by atoms with Crippen LogP contribution in [0.15, 0.2) is 80.8 Å². The number of halogens is 1. The number of nitrogens with zero attached hydrogens (tertiary/aromatic N) is 3. The topological polar surface area (TPSA) is 75.3 Å². The second-order valence-electron chi connectivity index (χ2n) is 9.18. The van der Waals surface area contributed by atoms with Crippen molar-refractivity contribution < 1.29 is 8.91 Å². The van der Waals surface area contributed by atoms with Gasteiger partial charge in [-0.2, -0.15) is 4.98 Å². The average molecular weight is 522 g/mol. The Morgan fingerprint density at radius 3 is 2.57 bits per heavy atom. The first-order chi connectivity index (χ1) is 17.9. The van der Waals surface area contributed by atoms with Gasteiger partial charge < -0.3 is 14.6 Å². The number of unbranched alkanes of at least 4 members (excludes halogenated alkanes) is 1. The predicted octanol–water partition coefficient (Wildman–Crippen LogP) is 8.79. The van der Waals surface area contributed by atoms with Crippen LogP contribution >= 0.6 is 11.9 Å². The Hall–Kier alpha value is -3.39. The van der Waals surface area contributed by atoms with Crippen molar-refractivity contribution in [2.45, 2.75) is 58.8 Å². The number of allylic oxidation sites excluding steroid dienone is 3. The van der Waals surface area contributed by atoms with Crippen molar-refractivity contribution in [3.63, 3.8) is 0 Å². The standard InChI is InChI=1S/C29H36FN5OS/c1-6-9-18-31-25(8-3)28-33-27(34-36-28)21-14-16-24(17-15-21)37-35-23-13-10-12-22(19-23)32-26(11-7-2)29(4,5)20-30/h8,10-19,32,35H,6-7,9,20H2,1-5H3/b25-8-,26-11-,31-18?. The lowest BCUT2D eigenvalue weighted by molar-refractivity contribution is 0.306. The summed E-state index contributed by atoms with van der Waals surface area (Å²) in [5, 5.41) is 7.52. The Morgan fingerprint density at radius 1 is 1.14 bits per heavy atom. The van der Waals surface area contributed by atoms with E-state index in [1.807, 2.05) is 87.7 Å². The van der Waals surface area contributed by atoms with Gasteiger partial charge in [-0.15, -0.1) is 0 Å². The first-order valence-corrected chi connectivity index (χ1v) is 13.4. The fourth-order valence-electron chi connectivity index (χ4n) is 3.37. The molecule has 1 aromatic heterocycles. The zero-order chi connectivity index (χ0) is 26.7. The van der Waals surface area contributed by atoms with Crippen molar-refractivity contribution in [3.05, 3.63) is 72.3 Å². The van der Waals surface area contributed by atoms with Crippen LogP contribution in [0.5, 0.6) is 0 Å². The van der Waals surface area contributed by atoms with Crippen molar-refractivity contribution in [2.75, 3.05) is 16.7 Å². The number of aromatic nitrogens is 2. The van der Waals surface area contributed by atoms with Gasteiger partial charge in [0.1, 0.15) is 5.70 Å². The molecule has 8 heteroatoms. The summed E-state index contributed by atoms with van der Waals surface area (Å²) in [6.07, 6.45) is 8.55. The Labute approximate surface area is 223 Å². The van der Waals surface area contributed by atoms with Crippen molar-refractivity contribution >= 4 is 35.2 Å². The van der Waals surface area contributed by atoms with E-state index in [-0.39, 0.29) is 0 Å². The molecule has 0 saturated carbocycles. The number of nitrogens with one attached hydrogen (secondary N) is 2. The number of rotatable bonds is 13. The molecule has 37 heavy (non-hydrogen) atoms. The third kappa shape index (κ3) is 8.05. The maximum Gasteiger partial charge on any atom is 0.276 e. The number of benzene rings is 2. The van der Waals surface area contributed by atoms with Gasteiger partial charge in [-0.1, -0.05) is 57.5 Å². The highest BCUT2D eigenvalue weighted by Gasteiger charge is 2.23. The van der Waals surface area contributed by atoms with Crippen molar-refractivity contribution in [1.29, 1.82) is 0 Å². The molecule has 0 aliphatic carbocycles. The minimum atomic E-state index is -0.563. The molecular weight excluding hydrogens is 485 g/mol. The molecule has 2 N–H and O–H groups in total. The zero-order valence-corrected chi connectivity index (χ0v) is 23.0. The third-order valence-electron chi connectivity index (χ3n) is 5.58. The maximum absolute atomic E-state index is 13.6. The summed E-state index contributed by atoms with van der Waals surface area (Å²) in [7, 11) is 0. The second-order valence-corrected chi connectivity index (χ2v) is 10.1. The molecule has 0 atom stereocenters. The first kappa shape index (κ1) is 28.2. The lowest BCUT2D eigenvalue weighted by Gasteiger charge is -2.26. The zero-order valence-electron chi connectivity index (χ0n) is 22.2. The van der Waals surface area contributed by atoms with E-state index < -0.39 is 12.1 Å². The van der Waals surface area contributed by atoms with Crippen LogP contribution in [0, 0.1) is 5.41 Å². The van der Waals surface area contributed by atoms with E-state index in [0.717, 1.165) is 46.8 Å². The number of anilines is 2. The molecule has 0 fully saturated rings. The van der Waals surface area contributed by atoms with E-state index in [9.17, 15) is 4.39 Å². The number of alkyl halides is 1. The summed E-state index contributed by atoms with van der Waals surface area (Å²) >= 11 is 1.51. The Balaban J connectivity index is 1.63. The van der Waals surface area contributed by atoms with E-state index in [0.29, 0.717) is 17.4 Å². The molecule has 3 aromatic rings. The van der Waals surface area contributed by atoms with E-state index in [4.69, 9.17) is 4.52 Å². The van der Waals surface area contributed by atoms with Crippen molar-refractivity contribution in [1.82, 2.24) is 10.1 Å². The molecule has 0 bridgehead atoms. The van der Waals surface area contributed by atoms with Crippen LogP contribution in [0.3, 0.4) is 0 Å². The molecular formula is C29H36FN5OS. The van der Waals surface area contributed by atoms with Crippen LogP contribution < -0.4 is 10.0 Å². The van der Waals surface area contributed by atoms with Gasteiger partial charge in [-0.25, -0.2) is 0 Å². The van der Waals surface area contributed by atoms with Crippen LogP contribution in [0.2, 0.25) is 0 Å². The Morgan fingerprint density at radius 2 is 1.89 bits per heavy atom. The van der Waals surface area contributed by atoms with Gasteiger partial charge in [0.05, 0.1) is 6.67 Å². The van der Waals surface area contributed by atoms with Crippen LogP contribution in [0.4, 0.5) is 15.8 Å². The van der Waals surface area contributed by atoms with Gasteiger partial charge in [-0.3, -0.25) is 9.38 Å². The van der Waals surface area contributed by atoms with Gasteiger partial charge in [0.2, 0.25) is 5.82 Å². The molecule has 1 heterocycles. The minimum Gasteiger partial charge on any atom is -0.359 e. The van der Waals surface area contributed by atoms with E-state index in [1.54, 1.807) is 0 Å². The molecule has 0 aliphatic heterocycles. The van der Waals surface area contributed by atoms with Gasteiger partial charge in [-0.05, 0) is 74.2 Å². The molecule has 3 rings (SSSR count). The summed E-state index contributed by atoms with van der Waals surface area (Å²) in [6, 6.07) is 15.9. The van der Waals surface area contributed by atoms with Crippen LogP contribution in [0.1, 0.15) is 59.8 Å². The lowest BCUT2D eigenvalue weighted by Crippen LogP contribution is -2.23. The minimum absolute atomic E-state index is 0.408. The van der Waals surface area contributed by atoms with Crippen LogP contribution in [-0.2, 0) is 0 Å². The molecule has 6 nitrogen and oxygen atoms in total. The van der Waals surface area contributed by atoms with E-state index in [1.165, 1.54) is 11.9 Å². The average Bonchev–Trinajstić information content (AvgIpc) is 3.40. The molecule has 196 valence electrons. The van der Waals surface area contributed by atoms with Gasteiger partial charge in [0.25, 0.3) is 5.89 Å². The van der Waals surface area contributed by atoms with Crippen LogP contribution in [0.25, 0.3) is 17.1 Å². The highest BCUT2D eigenvalue weighted by atomic mass is 32.2. The largest absolute Gasteiger partial charge is 0.359 e. The van der Waals surface area contributed by atoms with Crippen molar-refractivity contribution in [3.8, 4) is 11.4 Å². The Bertz CT molecular complexity index is 1230. The maximum atomic E-state index is 13.6. The SMILES string of the molecule is C/C=C(\N=CCCC)c1nc(-c2ccc(SNc3cccc(N/C(=C\CC)C(C)(C)CF)c3)cc2)no1. The first-order valence-electron chi connectivity index (χ1n) is 12.6. The normalized spacial score (nSPS) is 12.8. The highest BCUT2D eigenvalue weighted by Crippen LogP contribution is 2.31. The third-order valence-corrected chi connectivity index (χ3v) is 6.42. The quantitative estimate of drug-likeness (QED) is 0.173. The smallest absolute Gasteiger partial charge is 0.276 e. The second kappa shape index (κ2) is 13.8. The molecule has 0 radical (unpaired) electrons. The molecule has 2 aromatic carbocycles. The lowest BCUT2D eigenvalue weighted by atomic mass is 9.90. The van der Waals surface area contributed by atoms with E-state index in [2.05, 4.69) is 39.0 Å².